The average Bonchev–Trinajstić information content (AvgIpc) is 2.99. The topological polar surface area (TPSA) is 59.7 Å². The molecular formula is C20H17N3S. The molecule has 1 aliphatic rings. The Morgan fingerprint density at radius 2 is 1.96 bits per heavy atom. The highest BCUT2D eigenvalue weighted by Gasteiger charge is 2.15. The van der Waals surface area contributed by atoms with Crippen LogP contribution >= 0.6 is 11.3 Å². The number of benzene rings is 1. The third-order valence-corrected chi connectivity index (χ3v) is 4.89. The molecule has 2 N–H and O–H groups in total. The first kappa shape index (κ1) is 16.0. The molecule has 2 aromatic rings. The maximum absolute atomic E-state index is 8.97. The second-order valence-electron chi connectivity index (χ2n) is 5.52. The van der Waals surface area contributed by atoms with Crippen molar-refractivity contribution in [1.82, 2.24) is 5.32 Å². The van der Waals surface area contributed by atoms with Gasteiger partial charge in [-0.1, -0.05) is 18.2 Å². The molecule has 0 amide bonds. The number of hydrogen-bond donors (Lipinski definition) is 2. The summed E-state index contributed by atoms with van der Waals surface area (Å²) in [6, 6.07) is 12.0. The maximum Gasteiger partial charge on any atom is 0.0991 e. The molecule has 0 aliphatic heterocycles. The van der Waals surface area contributed by atoms with Gasteiger partial charge in [0.1, 0.15) is 0 Å². The Morgan fingerprint density at radius 3 is 2.62 bits per heavy atom. The Balaban J connectivity index is 2.08. The first-order chi connectivity index (χ1) is 11.6. The van der Waals surface area contributed by atoms with Gasteiger partial charge in [0.25, 0.3) is 0 Å². The number of thiophene rings is 1. The molecule has 3 nitrogen and oxygen atoms in total. The van der Waals surface area contributed by atoms with Crippen molar-refractivity contribution in [3.63, 3.8) is 0 Å². The highest BCUT2D eigenvalue weighted by Crippen LogP contribution is 2.38. The Kier molecular flexibility index (Phi) is 4.45. The molecule has 0 bridgehead atoms. The van der Waals surface area contributed by atoms with Crippen molar-refractivity contribution in [2.24, 2.45) is 0 Å². The third kappa shape index (κ3) is 3.08. The van der Waals surface area contributed by atoms with Crippen LogP contribution in [0.25, 0.3) is 16.7 Å². The Morgan fingerprint density at radius 1 is 1.21 bits per heavy atom. The summed E-state index contributed by atoms with van der Waals surface area (Å²) >= 11 is 1.74. The zero-order valence-electron chi connectivity index (χ0n) is 13.6. The van der Waals surface area contributed by atoms with Gasteiger partial charge in [-0.15, -0.1) is 11.3 Å². The van der Waals surface area contributed by atoms with Crippen LogP contribution in [0.2, 0.25) is 0 Å². The zero-order chi connectivity index (χ0) is 17.1. The van der Waals surface area contributed by atoms with E-state index in [0.717, 1.165) is 22.3 Å². The first-order valence-corrected chi connectivity index (χ1v) is 8.41. The van der Waals surface area contributed by atoms with Crippen LogP contribution in [0.15, 0.2) is 60.3 Å². The monoisotopic (exact) mass is 331 g/mol. The summed E-state index contributed by atoms with van der Waals surface area (Å²) in [5.74, 6) is 0. The van der Waals surface area contributed by atoms with Gasteiger partial charge in [-0.05, 0) is 48.4 Å². The summed E-state index contributed by atoms with van der Waals surface area (Å²) in [6.07, 6.45) is 7.70. The van der Waals surface area contributed by atoms with Crippen LogP contribution in [0.5, 0.6) is 0 Å². The quantitative estimate of drug-likeness (QED) is 0.858. The Labute approximate surface area is 145 Å². The number of nitrogens with one attached hydrogen (secondary N) is 2. The summed E-state index contributed by atoms with van der Waals surface area (Å²) < 4.78 is 0. The number of aryl methyl sites for hydroxylation is 1. The van der Waals surface area contributed by atoms with E-state index in [9.17, 15) is 0 Å². The van der Waals surface area contributed by atoms with Gasteiger partial charge in [-0.3, -0.25) is 0 Å². The van der Waals surface area contributed by atoms with E-state index in [1.165, 1.54) is 9.75 Å². The van der Waals surface area contributed by atoms with E-state index < -0.39 is 0 Å². The van der Waals surface area contributed by atoms with Crippen molar-refractivity contribution in [1.29, 1.82) is 10.7 Å². The first-order valence-electron chi connectivity index (χ1n) is 7.60. The van der Waals surface area contributed by atoms with E-state index in [2.05, 4.69) is 24.4 Å². The molecular weight excluding hydrogens is 314 g/mol. The van der Waals surface area contributed by atoms with Gasteiger partial charge < -0.3 is 10.7 Å². The lowest BCUT2D eigenvalue weighted by Gasteiger charge is -2.12. The zero-order valence-corrected chi connectivity index (χ0v) is 14.4. The van der Waals surface area contributed by atoms with E-state index in [4.69, 9.17) is 10.7 Å². The molecule has 1 aromatic carbocycles. The van der Waals surface area contributed by atoms with Crippen LogP contribution in [0.4, 0.5) is 0 Å². The van der Waals surface area contributed by atoms with Gasteiger partial charge in [0.05, 0.1) is 17.3 Å². The SMILES string of the molecule is CN/C=C1/C=C(c2sc(C)cc2-c2ccc(C#N)cc2)C=CC1=N. The van der Waals surface area contributed by atoms with Crippen LogP contribution < -0.4 is 5.32 Å². The average molecular weight is 331 g/mol. The minimum Gasteiger partial charge on any atom is -0.393 e. The second-order valence-corrected chi connectivity index (χ2v) is 6.78. The molecule has 0 fully saturated rings. The third-order valence-electron chi connectivity index (χ3n) is 3.79. The Hall–Kier alpha value is -2.90. The van der Waals surface area contributed by atoms with E-state index in [-0.39, 0.29) is 0 Å². The normalized spacial score (nSPS) is 15.3. The van der Waals surface area contributed by atoms with Gasteiger partial charge >= 0.3 is 0 Å². The summed E-state index contributed by atoms with van der Waals surface area (Å²) in [4.78, 5) is 2.42. The van der Waals surface area contributed by atoms with Gasteiger partial charge in [-0.2, -0.15) is 5.26 Å². The predicted octanol–water partition coefficient (Wildman–Crippen LogP) is 4.67. The lowest BCUT2D eigenvalue weighted by Crippen LogP contribution is -2.05. The summed E-state index contributed by atoms with van der Waals surface area (Å²) in [7, 11) is 1.84. The summed E-state index contributed by atoms with van der Waals surface area (Å²) in [5, 5.41) is 20.0. The van der Waals surface area contributed by atoms with Crippen molar-refractivity contribution in [2.45, 2.75) is 6.92 Å². The van der Waals surface area contributed by atoms with Crippen LogP contribution in [0.1, 0.15) is 15.3 Å². The molecule has 0 atom stereocenters. The molecule has 0 radical (unpaired) electrons. The summed E-state index contributed by atoms with van der Waals surface area (Å²) in [6.45, 7) is 2.10. The molecule has 0 spiro atoms. The lowest BCUT2D eigenvalue weighted by molar-refractivity contribution is 1.09. The standard InChI is InChI=1S/C20H17N3S/c1-13-9-18(15-5-3-14(11-21)4-6-15)20(24-13)16-7-8-19(22)17(10-16)12-23-2/h3-10,12,22-23H,1-2H3/b17-12-,22-19?. The molecule has 1 aromatic heterocycles. The van der Waals surface area contributed by atoms with E-state index in [1.807, 2.05) is 55.7 Å². The van der Waals surface area contributed by atoms with Crippen molar-refractivity contribution in [3.05, 3.63) is 75.7 Å². The molecule has 118 valence electrons. The highest BCUT2D eigenvalue weighted by molar-refractivity contribution is 7.13. The van der Waals surface area contributed by atoms with Crippen molar-refractivity contribution >= 4 is 22.6 Å². The molecule has 0 saturated carbocycles. The number of nitriles is 1. The smallest absolute Gasteiger partial charge is 0.0991 e. The predicted molar refractivity (Wildman–Crippen MR) is 101 cm³/mol. The number of nitrogens with zero attached hydrogens (tertiary/aromatic N) is 1. The van der Waals surface area contributed by atoms with E-state index >= 15 is 0 Å². The van der Waals surface area contributed by atoms with Crippen LogP contribution in [-0.4, -0.2) is 12.8 Å². The molecule has 1 aliphatic carbocycles. The van der Waals surface area contributed by atoms with Crippen LogP contribution in [0.3, 0.4) is 0 Å². The number of rotatable bonds is 3. The maximum atomic E-state index is 8.97. The molecule has 1 heterocycles. The molecule has 0 saturated heterocycles. The van der Waals surface area contributed by atoms with Crippen LogP contribution in [0, 0.1) is 23.7 Å². The fourth-order valence-corrected chi connectivity index (χ4v) is 3.68. The minimum absolute atomic E-state index is 0.501. The number of allylic oxidation sites excluding steroid dienone is 5. The van der Waals surface area contributed by atoms with Crippen LogP contribution in [-0.2, 0) is 0 Å². The lowest BCUT2D eigenvalue weighted by atomic mass is 9.95. The Bertz CT molecular complexity index is 919. The van der Waals surface area contributed by atoms with Crippen molar-refractivity contribution in [3.8, 4) is 17.2 Å². The molecule has 4 heteroatoms. The minimum atomic E-state index is 0.501. The molecule has 24 heavy (non-hydrogen) atoms. The fraction of sp³-hybridized carbons (Fsp3) is 0.100. The highest BCUT2D eigenvalue weighted by atomic mass is 32.1. The van der Waals surface area contributed by atoms with E-state index in [1.54, 1.807) is 11.3 Å². The van der Waals surface area contributed by atoms with Crippen molar-refractivity contribution < 1.29 is 0 Å². The van der Waals surface area contributed by atoms with Gasteiger partial charge in [-0.25, -0.2) is 0 Å². The van der Waals surface area contributed by atoms with E-state index in [0.29, 0.717) is 11.3 Å². The van der Waals surface area contributed by atoms with Gasteiger partial charge in [0.15, 0.2) is 0 Å². The fourth-order valence-electron chi connectivity index (χ4n) is 2.65. The molecule has 0 unspecified atom stereocenters. The van der Waals surface area contributed by atoms with Crippen molar-refractivity contribution in [2.75, 3.05) is 7.05 Å². The van der Waals surface area contributed by atoms with Gasteiger partial charge in [0, 0.05) is 34.1 Å². The summed E-state index contributed by atoms with van der Waals surface area (Å²) in [5.41, 5.74) is 5.40. The largest absolute Gasteiger partial charge is 0.393 e. The van der Waals surface area contributed by atoms with Gasteiger partial charge in [0.2, 0.25) is 0 Å². The number of hydrogen-bond acceptors (Lipinski definition) is 4. The second kappa shape index (κ2) is 6.69. The molecule has 3 rings (SSSR count).